The first-order chi connectivity index (χ1) is 10.2. The van der Waals surface area contributed by atoms with Crippen molar-refractivity contribution in [2.75, 3.05) is 20.3 Å². The van der Waals surface area contributed by atoms with Crippen molar-refractivity contribution in [3.05, 3.63) is 46.8 Å². The Labute approximate surface area is 127 Å². The molecule has 0 aliphatic carbocycles. The van der Waals surface area contributed by atoms with Crippen LogP contribution in [0.2, 0.25) is 0 Å². The number of aryl methyl sites for hydroxylation is 1. The molecule has 0 atom stereocenters. The van der Waals surface area contributed by atoms with E-state index in [1.807, 2.05) is 0 Å². The summed E-state index contributed by atoms with van der Waals surface area (Å²) in [6.45, 7) is 8.80. The minimum Gasteiger partial charge on any atom is -0.383 e. The zero-order valence-electron chi connectivity index (χ0n) is 13.4. The van der Waals surface area contributed by atoms with Gasteiger partial charge in [-0.2, -0.15) is 5.10 Å². The van der Waals surface area contributed by atoms with E-state index in [9.17, 15) is 0 Å². The third-order valence-electron chi connectivity index (χ3n) is 3.81. The Bertz CT molecular complexity index is 590. The second-order valence-electron chi connectivity index (χ2n) is 5.21. The van der Waals surface area contributed by atoms with Crippen molar-refractivity contribution >= 4 is 0 Å². The average molecular weight is 287 g/mol. The Kier molecular flexibility index (Phi) is 5.53. The van der Waals surface area contributed by atoms with Crippen LogP contribution in [0.25, 0.3) is 5.69 Å². The maximum absolute atomic E-state index is 5.07. The fourth-order valence-corrected chi connectivity index (χ4v) is 2.69. The van der Waals surface area contributed by atoms with Crippen molar-refractivity contribution in [3.8, 4) is 5.69 Å². The third-order valence-corrected chi connectivity index (χ3v) is 3.81. The summed E-state index contributed by atoms with van der Waals surface area (Å²) in [6.07, 6.45) is 1.02. The summed E-state index contributed by atoms with van der Waals surface area (Å²) in [5.41, 5.74) is 6.11. The van der Waals surface area contributed by atoms with E-state index in [-0.39, 0.29) is 0 Å². The van der Waals surface area contributed by atoms with Crippen molar-refractivity contribution < 1.29 is 4.74 Å². The normalized spacial score (nSPS) is 11.0. The molecule has 0 amide bonds. The van der Waals surface area contributed by atoms with E-state index in [4.69, 9.17) is 9.84 Å². The number of aromatic nitrogens is 2. The Morgan fingerprint density at radius 1 is 1.24 bits per heavy atom. The van der Waals surface area contributed by atoms with Gasteiger partial charge in [-0.05, 0) is 37.5 Å². The van der Waals surface area contributed by atoms with Crippen LogP contribution < -0.4 is 5.32 Å². The SMILES string of the molecule is CCc1c(C)nn(-c2ccccc2CNCCOC)c1C. The van der Waals surface area contributed by atoms with Crippen LogP contribution in [0.4, 0.5) is 0 Å². The van der Waals surface area contributed by atoms with E-state index < -0.39 is 0 Å². The lowest BCUT2D eigenvalue weighted by atomic mass is 10.1. The largest absolute Gasteiger partial charge is 0.383 e. The van der Waals surface area contributed by atoms with Gasteiger partial charge in [-0.3, -0.25) is 0 Å². The second-order valence-corrected chi connectivity index (χ2v) is 5.21. The molecule has 0 fully saturated rings. The lowest BCUT2D eigenvalue weighted by Crippen LogP contribution is -2.19. The third kappa shape index (κ3) is 3.52. The fourth-order valence-electron chi connectivity index (χ4n) is 2.69. The molecule has 1 heterocycles. The van der Waals surface area contributed by atoms with Crippen LogP contribution in [0.1, 0.15) is 29.4 Å². The summed E-state index contributed by atoms with van der Waals surface area (Å²) in [5.74, 6) is 0. The second kappa shape index (κ2) is 7.38. The standard InChI is InChI=1S/C17H25N3O/c1-5-16-13(2)19-20(14(16)3)17-9-7-6-8-15(17)12-18-10-11-21-4/h6-9,18H,5,10-12H2,1-4H3. The Morgan fingerprint density at radius 3 is 2.67 bits per heavy atom. The number of benzene rings is 1. The highest BCUT2D eigenvalue weighted by molar-refractivity contribution is 5.43. The molecule has 0 bridgehead atoms. The lowest BCUT2D eigenvalue weighted by molar-refractivity contribution is 0.199. The van der Waals surface area contributed by atoms with E-state index >= 15 is 0 Å². The van der Waals surface area contributed by atoms with Gasteiger partial charge in [-0.25, -0.2) is 4.68 Å². The summed E-state index contributed by atoms with van der Waals surface area (Å²) < 4.78 is 7.14. The number of nitrogens with one attached hydrogen (secondary N) is 1. The number of ether oxygens (including phenoxy) is 1. The van der Waals surface area contributed by atoms with Crippen LogP contribution in [-0.4, -0.2) is 30.0 Å². The molecule has 0 saturated carbocycles. The van der Waals surface area contributed by atoms with Gasteiger partial charge < -0.3 is 10.1 Å². The highest BCUT2D eigenvalue weighted by Crippen LogP contribution is 2.21. The first-order valence-electron chi connectivity index (χ1n) is 7.52. The summed E-state index contributed by atoms with van der Waals surface area (Å²) >= 11 is 0. The molecule has 1 aromatic heterocycles. The molecule has 0 radical (unpaired) electrons. The smallest absolute Gasteiger partial charge is 0.0693 e. The molecule has 0 aliphatic heterocycles. The van der Waals surface area contributed by atoms with Gasteiger partial charge >= 0.3 is 0 Å². The van der Waals surface area contributed by atoms with Gasteiger partial charge in [-0.15, -0.1) is 0 Å². The van der Waals surface area contributed by atoms with Crippen molar-refractivity contribution in [3.63, 3.8) is 0 Å². The van der Waals surface area contributed by atoms with E-state index in [2.05, 4.69) is 55.0 Å². The van der Waals surface area contributed by atoms with Crippen LogP contribution in [0.15, 0.2) is 24.3 Å². The highest BCUT2D eigenvalue weighted by Gasteiger charge is 2.13. The van der Waals surface area contributed by atoms with Crippen LogP contribution in [0, 0.1) is 13.8 Å². The number of rotatable bonds is 7. The maximum atomic E-state index is 5.07. The molecule has 1 N–H and O–H groups in total. The van der Waals surface area contributed by atoms with Gasteiger partial charge in [0.15, 0.2) is 0 Å². The maximum Gasteiger partial charge on any atom is 0.0693 e. The Morgan fingerprint density at radius 2 is 2.00 bits per heavy atom. The molecule has 21 heavy (non-hydrogen) atoms. The monoisotopic (exact) mass is 287 g/mol. The van der Waals surface area contributed by atoms with Gasteiger partial charge in [0.1, 0.15) is 0 Å². The van der Waals surface area contributed by atoms with Crippen LogP contribution in [0.5, 0.6) is 0 Å². The van der Waals surface area contributed by atoms with Gasteiger partial charge in [0.05, 0.1) is 18.0 Å². The fraction of sp³-hybridized carbons (Fsp3) is 0.471. The molecular weight excluding hydrogens is 262 g/mol. The molecule has 2 aromatic rings. The first-order valence-corrected chi connectivity index (χ1v) is 7.52. The molecule has 0 spiro atoms. The number of nitrogens with zero attached hydrogens (tertiary/aromatic N) is 2. The van der Waals surface area contributed by atoms with E-state index in [1.54, 1.807) is 7.11 Å². The minimum absolute atomic E-state index is 0.724. The first kappa shape index (κ1) is 15.7. The Hall–Kier alpha value is -1.65. The highest BCUT2D eigenvalue weighted by atomic mass is 16.5. The zero-order chi connectivity index (χ0) is 15.2. The molecule has 2 rings (SSSR count). The topological polar surface area (TPSA) is 39.1 Å². The van der Waals surface area contributed by atoms with Crippen LogP contribution in [0.3, 0.4) is 0 Å². The Balaban J connectivity index is 2.27. The summed E-state index contributed by atoms with van der Waals surface area (Å²) in [6, 6.07) is 8.42. The van der Waals surface area contributed by atoms with Gasteiger partial charge in [0.2, 0.25) is 0 Å². The minimum atomic E-state index is 0.724. The molecule has 0 unspecified atom stereocenters. The molecule has 4 heteroatoms. The van der Waals surface area contributed by atoms with Crippen molar-refractivity contribution in [2.24, 2.45) is 0 Å². The number of hydrogen-bond acceptors (Lipinski definition) is 3. The van der Waals surface area contributed by atoms with E-state index in [0.29, 0.717) is 0 Å². The van der Waals surface area contributed by atoms with Gasteiger partial charge in [-0.1, -0.05) is 25.1 Å². The average Bonchev–Trinajstić information content (AvgIpc) is 2.78. The summed E-state index contributed by atoms with van der Waals surface area (Å²) in [7, 11) is 1.72. The molecule has 114 valence electrons. The lowest BCUT2D eigenvalue weighted by Gasteiger charge is -2.12. The summed E-state index contributed by atoms with van der Waals surface area (Å²) in [5, 5.41) is 8.12. The number of hydrogen-bond donors (Lipinski definition) is 1. The van der Waals surface area contributed by atoms with Crippen molar-refractivity contribution in [1.29, 1.82) is 0 Å². The van der Waals surface area contributed by atoms with Crippen LogP contribution in [-0.2, 0) is 17.7 Å². The quantitative estimate of drug-likeness (QED) is 0.796. The molecule has 4 nitrogen and oxygen atoms in total. The van der Waals surface area contributed by atoms with Crippen molar-refractivity contribution in [1.82, 2.24) is 15.1 Å². The van der Waals surface area contributed by atoms with Crippen molar-refractivity contribution in [2.45, 2.75) is 33.7 Å². The number of methoxy groups -OCH3 is 1. The zero-order valence-corrected chi connectivity index (χ0v) is 13.4. The number of para-hydroxylation sites is 1. The van der Waals surface area contributed by atoms with Gasteiger partial charge in [0, 0.05) is 25.9 Å². The molecule has 0 aliphatic rings. The van der Waals surface area contributed by atoms with E-state index in [0.717, 1.165) is 37.5 Å². The van der Waals surface area contributed by atoms with E-state index in [1.165, 1.54) is 16.8 Å². The predicted molar refractivity (Wildman–Crippen MR) is 86.0 cm³/mol. The summed E-state index contributed by atoms with van der Waals surface area (Å²) in [4.78, 5) is 0. The molecule has 0 saturated heterocycles. The van der Waals surface area contributed by atoms with Crippen LogP contribution >= 0.6 is 0 Å². The molecule has 1 aromatic carbocycles. The molecular formula is C17H25N3O. The predicted octanol–water partition coefficient (Wildman–Crippen LogP) is 2.79. The van der Waals surface area contributed by atoms with Gasteiger partial charge in [0.25, 0.3) is 0 Å².